The normalized spacial score (nSPS) is 10.3. The van der Waals surface area contributed by atoms with Gasteiger partial charge in [-0.1, -0.05) is 25.4 Å². The Morgan fingerprint density at radius 1 is 1.35 bits per heavy atom. The van der Waals surface area contributed by atoms with Crippen molar-refractivity contribution in [2.75, 3.05) is 11.1 Å². The first-order valence-corrected chi connectivity index (χ1v) is 6.47. The number of nitrogen functional groups attached to an aromatic ring is 1. The summed E-state index contributed by atoms with van der Waals surface area (Å²) < 4.78 is 0. The molecule has 1 aromatic carbocycles. The van der Waals surface area contributed by atoms with Gasteiger partial charge < -0.3 is 11.1 Å². The van der Waals surface area contributed by atoms with E-state index in [1.807, 2.05) is 13.8 Å². The lowest BCUT2D eigenvalue weighted by Crippen LogP contribution is -2.07. The zero-order valence-corrected chi connectivity index (χ0v) is 11.9. The maximum atomic E-state index is 9.13. The van der Waals surface area contributed by atoms with Gasteiger partial charge in [-0.15, -0.1) is 0 Å². The summed E-state index contributed by atoms with van der Waals surface area (Å²) in [5.74, 6) is 1.17. The van der Waals surface area contributed by atoms with Gasteiger partial charge in [0.05, 0.1) is 11.3 Å². The van der Waals surface area contributed by atoms with Crippen molar-refractivity contribution in [2.24, 2.45) is 0 Å². The van der Waals surface area contributed by atoms with E-state index in [1.54, 1.807) is 18.2 Å². The molecule has 0 radical (unpaired) electrons. The number of nitrogens with zero attached hydrogens (tertiary/aromatic N) is 3. The minimum atomic E-state index is 0.156. The molecule has 1 heterocycles. The summed E-state index contributed by atoms with van der Waals surface area (Å²) in [6, 6.07) is 7.12. The van der Waals surface area contributed by atoms with Crippen molar-refractivity contribution in [3.8, 4) is 6.07 Å². The zero-order valence-electron chi connectivity index (χ0n) is 11.2. The van der Waals surface area contributed by atoms with Crippen LogP contribution in [0.2, 0.25) is 5.02 Å². The third-order valence-corrected chi connectivity index (χ3v) is 3.08. The molecule has 3 N–H and O–H groups in total. The molecule has 102 valence electrons. The number of rotatable bonds is 3. The molecule has 0 bridgehead atoms. The Morgan fingerprint density at radius 3 is 2.75 bits per heavy atom. The van der Waals surface area contributed by atoms with Crippen LogP contribution in [0.5, 0.6) is 0 Å². The highest BCUT2D eigenvalue weighted by atomic mass is 35.5. The monoisotopic (exact) mass is 287 g/mol. The van der Waals surface area contributed by atoms with E-state index in [2.05, 4.69) is 21.4 Å². The molecule has 0 amide bonds. The molecule has 0 atom stereocenters. The Kier molecular flexibility index (Phi) is 4.06. The first-order valence-electron chi connectivity index (χ1n) is 6.10. The lowest BCUT2D eigenvalue weighted by molar-refractivity contribution is 0.855. The molecule has 0 aliphatic carbocycles. The standard InChI is InChI=1S/C14H14ClN5/c1-8(2)12-13(17)18-7-19-14(12)20-11-5-10(15)4-3-9(11)6-16/h3-5,7-8H,1-2H3,(H3,17,18,19,20). The molecule has 0 spiro atoms. The largest absolute Gasteiger partial charge is 0.383 e. The van der Waals surface area contributed by atoms with E-state index in [1.165, 1.54) is 6.33 Å². The number of hydrogen-bond donors (Lipinski definition) is 2. The lowest BCUT2D eigenvalue weighted by Gasteiger charge is -2.15. The average molecular weight is 288 g/mol. The fourth-order valence-corrected chi connectivity index (χ4v) is 2.10. The maximum absolute atomic E-state index is 9.13. The summed E-state index contributed by atoms with van der Waals surface area (Å²) in [4.78, 5) is 8.20. The molecule has 5 nitrogen and oxygen atoms in total. The summed E-state index contributed by atoms with van der Waals surface area (Å²) in [5, 5.41) is 12.8. The Balaban J connectivity index is 2.48. The van der Waals surface area contributed by atoms with Gasteiger partial charge in [0.2, 0.25) is 0 Å². The third-order valence-electron chi connectivity index (χ3n) is 2.85. The first kappa shape index (κ1) is 14.1. The summed E-state index contributed by atoms with van der Waals surface area (Å²) in [6.07, 6.45) is 1.39. The molecule has 0 aliphatic rings. The fourth-order valence-electron chi connectivity index (χ4n) is 1.92. The maximum Gasteiger partial charge on any atom is 0.139 e. The van der Waals surface area contributed by atoms with Crippen LogP contribution < -0.4 is 11.1 Å². The molecule has 2 aromatic rings. The van der Waals surface area contributed by atoms with Crippen LogP contribution >= 0.6 is 11.6 Å². The van der Waals surface area contributed by atoms with Gasteiger partial charge in [0.25, 0.3) is 0 Å². The molecular weight excluding hydrogens is 274 g/mol. The zero-order chi connectivity index (χ0) is 14.7. The van der Waals surface area contributed by atoms with Crippen molar-refractivity contribution >= 4 is 28.9 Å². The van der Waals surface area contributed by atoms with Gasteiger partial charge in [-0.25, -0.2) is 9.97 Å². The highest BCUT2D eigenvalue weighted by Crippen LogP contribution is 2.30. The van der Waals surface area contributed by atoms with Crippen molar-refractivity contribution in [3.63, 3.8) is 0 Å². The second-order valence-corrected chi connectivity index (χ2v) is 5.04. The second kappa shape index (κ2) is 5.76. The molecule has 2 rings (SSSR count). The van der Waals surface area contributed by atoms with E-state index in [-0.39, 0.29) is 5.92 Å². The van der Waals surface area contributed by atoms with Gasteiger partial charge in [-0.05, 0) is 24.1 Å². The number of nitrogens with one attached hydrogen (secondary N) is 1. The predicted octanol–water partition coefficient (Wildman–Crippen LogP) is 3.45. The number of hydrogen-bond acceptors (Lipinski definition) is 5. The van der Waals surface area contributed by atoms with Gasteiger partial charge in [0.15, 0.2) is 0 Å². The number of aromatic nitrogens is 2. The minimum Gasteiger partial charge on any atom is -0.383 e. The van der Waals surface area contributed by atoms with E-state index in [9.17, 15) is 0 Å². The van der Waals surface area contributed by atoms with E-state index in [0.717, 1.165) is 5.56 Å². The molecule has 0 fully saturated rings. The van der Waals surface area contributed by atoms with Crippen molar-refractivity contribution in [3.05, 3.63) is 40.7 Å². The van der Waals surface area contributed by atoms with Gasteiger partial charge in [-0.3, -0.25) is 0 Å². The number of nitrogens with two attached hydrogens (primary N) is 1. The van der Waals surface area contributed by atoms with Crippen LogP contribution in [0.4, 0.5) is 17.3 Å². The summed E-state index contributed by atoms with van der Waals surface area (Å²) >= 11 is 5.97. The predicted molar refractivity (Wildman–Crippen MR) is 80.0 cm³/mol. The molecule has 1 aromatic heterocycles. The van der Waals surface area contributed by atoms with Gasteiger partial charge in [0.1, 0.15) is 24.0 Å². The van der Waals surface area contributed by atoms with Crippen molar-refractivity contribution < 1.29 is 0 Å². The number of nitriles is 1. The molecule has 6 heteroatoms. The van der Waals surface area contributed by atoms with E-state index in [0.29, 0.717) is 27.9 Å². The number of anilines is 3. The third kappa shape index (κ3) is 2.81. The highest BCUT2D eigenvalue weighted by Gasteiger charge is 2.14. The summed E-state index contributed by atoms with van der Waals surface area (Å²) in [7, 11) is 0. The van der Waals surface area contributed by atoms with Gasteiger partial charge >= 0.3 is 0 Å². The summed E-state index contributed by atoms with van der Waals surface area (Å²) in [6.45, 7) is 4.01. The Morgan fingerprint density at radius 2 is 2.10 bits per heavy atom. The van der Waals surface area contributed by atoms with Crippen molar-refractivity contribution in [1.82, 2.24) is 9.97 Å². The first-order chi connectivity index (χ1) is 9.52. The average Bonchev–Trinajstić information content (AvgIpc) is 2.38. The number of halogens is 1. The van der Waals surface area contributed by atoms with Crippen LogP contribution in [0.3, 0.4) is 0 Å². The molecule has 0 saturated carbocycles. The van der Waals surface area contributed by atoms with E-state index < -0.39 is 0 Å². The highest BCUT2D eigenvalue weighted by molar-refractivity contribution is 6.30. The number of benzene rings is 1. The smallest absolute Gasteiger partial charge is 0.139 e. The SMILES string of the molecule is CC(C)c1c(N)ncnc1Nc1cc(Cl)ccc1C#N. The quantitative estimate of drug-likeness (QED) is 0.902. The minimum absolute atomic E-state index is 0.156. The van der Waals surface area contributed by atoms with Crippen LogP contribution in [-0.4, -0.2) is 9.97 Å². The Hall–Kier alpha value is -2.32. The van der Waals surface area contributed by atoms with Crippen molar-refractivity contribution in [1.29, 1.82) is 5.26 Å². The van der Waals surface area contributed by atoms with Crippen LogP contribution in [-0.2, 0) is 0 Å². The fraction of sp³-hybridized carbons (Fsp3) is 0.214. The van der Waals surface area contributed by atoms with Gasteiger partial charge in [0, 0.05) is 10.6 Å². The van der Waals surface area contributed by atoms with Crippen LogP contribution in [0, 0.1) is 11.3 Å². The molecule has 20 heavy (non-hydrogen) atoms. The van der Waals surface area contributed by atoms with E-state index in [4.69, 9.17) is 22.6 Å². The van der Waals surface area contributed by atoms with Gasteiger partial charge in [-0.2, -0.15) is 5.26 Å². The van der Waals surface area contributed by atoms with Crippen LogP contribution in [0.1, 0.15) is 30.9 Å². The molecule has 0 aliphatic heterocycles. The second-order valence-electron chi connectivity index (χ2n) is 4.60. The van der Waals surface area contributed by atoms with E-state index >= 15 is 0 Å². The lowest BCUT2D eigenvalue weighted by atomic mass is 10.0. The Bertz CT molecular complexity index is 676. The van der Waals surface area contributed by atoms with Crippen LogP contribution in [0.15, 0.2) is 24.5 Å². The Labute approximate surface area is 122 Å². The molecular formula is C14H14ClN5. The van der Waals surface area contributed by atoms with Crippen molar-refractivity contribution in [2.45, 2.75) is 19.8 Å². The van der Waals surface area contributed by atoms with Crippen LogP contribution in [0.25, 0.3) is 0 Å². The summed E-state index contributed by atoms with van der Waals surface area (Å²) in [5.41, 5.74) is 7.79. The molecule has 0 unspecified atom stereocenters. The molecule has 0 saturated heterocycles. The topological polar surface area (TPSA) is 87.6 Å².